The maximum Gasteiger partial charge on any atom is 0.307 e. The van der Waals surface area contributed by atoms with Crippen molar-refractivity contribution >= 4 is 5.97 Å². The molecule has 1 aromatic carbocycles. The second-order valence-electron chi connectivity index (χ2n) is 6.11. The summed E-state index contributed by atoms with van der Waals surface area (Å²) in [4.78, 5) is 11.5. The minimum absolute atomic E-state index is 0.199. The van der Waals surface area contributed by atoms with Gasteiger partial charge < -0.3 is 5.11 Å². The summed E-state index contributed by atoms with van der Waals surface area (Å²) in [7, 11) is 0. The van der Waals surface area contributed by atoms with E-state index in [0.29, 0.717) is 5.92 Å². The molecule has 1 aromatic rings. The number of benzene rings is 1. The monoisotopic (exact) mass is 260 g/mol. The molecule has 2 unspecified atom stereocenters. The standard InChI is InChI=1S/C17H24O2/c1-11(2)13-9-8-12(3)16(10-13)14-6-4-5-7-15(14)17(18)19/h8-11,14-15H,4-7H2,1-3H3,(H,18,19). The molecule has 1 aliphatic rings. The largest absolute Gasteiger partial charge is 0.481 e. The van der Waals surface area contributed by atoms with Gasteiger partial charge >= 0.3 is 5.97 Å². The molecule has 2 atom stereocenters. The van der Waals surface area contributed by atoms with E-state index in [-0.39, 0.29) is 11.8 Å². The molecule has 0 saturated heterocycles. The molecular formula is C17H24O2. The Balaban J connectivity index is 2.37. The molecule has 0 spiro atoms. The smallest absolute Gasteiger partial charge is 0.307 e. The van der Waals surface area contributed by atoms with Crippen molar-refractivity contribution in [3.05, 3.63) is 34.9 Å². The average molecular weight is 260 g/mol. The molecule has 1 aliphatic carbocycles. The number of carboxylic acids is 1. The summed E-state index contributed by atoms with van der Waals surface area (Å²) >= 11 is 0. The van der Waals surface area contributed by atoms with Gasteiger partial charge in [0.1, 0.15) is 0 Å². The fraction of sp³-hybridized carbons (Fsp3) is 0.588. The lowest BCUT2D eigenvalue weighted by Crippen LogP contribution is -2.26. The molecule has 2 heteroatoms. The van der Waals surface area contributed by atoms with Gasteiger partial charge in [-0.2, -0.15) is 0 Å². The van der Waals surface area contributed by atoms with E-state index in [1.54, 1.807) is 0 Å². The Hall–Kier alpha value is -1.31. The zero-order valence-electron chi connectivity index (χ0n) is 12.1. The summed E-state index contributed by atoms with van der Waals surface area (Å²) in [5.41, 5.74) is 3.82. The highest BCUT2D eigenvalue weighted by atomic mass is 16.4. The second-order valence-corrected chi connectivity index (χ2v) is 6.11. The van der Waals surface area contributed by atoms with Crippen LogP contribution in [0, 0.1) is 12.8 Å². The quantitative estimate of drug-likeness (QED) is 0.870. The number of rotatable bonds is 3. The molecule has 2 nitrogen and oxygen atoms in total. The molecule has 0 radical (unpaired) electrons. The van der Waals surface area contributed by atoms with Crippen LogP contribution in [0.3, 0.4) is 0 Å². The highest BCUT2D eigenvalue weighted by Gasteiger charge is 2.32. The van der Waals surface area contributed by atoms with Crippen LogP contribution in [0.15, 0.2) is 18.2 Å². The highest BCUT2D eigenvalue weighted by Crippen LogP contribution is 2.40. The van der Waals surface area contributed by atoms with Crippen molar-refractivity contribution in [2.75, 3.05) is 0 Å². The Morgan fingerprint density at radius 3 is 2.58 bits per heavy atom. The number of hydrogen-bond donors (Lipinski definition) is 1. The lowest BCUT2D eigenvalue weighted by atomic mass is 9.74. The third kappa shape index (κ3) is 2.99. The van der Waals surface area contributed by atoms with E-state index >= 15 is 0 Å². The Bertz CT molecular complexity index is 462. The number of carbonyl (C=O) groups is 1. The molecule has 0 bridgehead atoms. The Morgan fingerprint density at radius 1 is 1.26 bits per heavy atom. The van der Waals surface area contributed by atoms with Crippen LogP contribution < -0.4 is 0 Å². The first-order chi connectivity index (χ1) is 9.00. The Morgan fingerprint density at radius 2 is 1.95 bits per heavy atom. The fourth-order valence-electron chi connectivity index (χ4n) is 3.22. The molecule has 104 valence electrons. The van der Waals surface area contributed by atoms with E-state index < -0.39 is 5.97 Å². The normalized spacial score (nSPS) is 23.6. The van der Waals surface area contributed by atoms with Gasteiger partial charge in [0.05, 0.1) is 5.92 Å². The van der Waals surface area contributed by atoms with Crippen molar-refractivity contribution in [1.82, 2.24) is 0 Å². The van der Waals surface area contributed by atoms with Crippen LogP contribution in [0.1, 0.15) is 68.1 Å². The number of aliphatic carboxylic acids is 1. The van der Waals surface area contributed by atoms with Crippen molar-refractivity contribution in [2.45, 2.75) is 58.3 Å². The predicted molar refractivity (Wildman–Crippen MR) is 77.6 cm³/mol. The lowest BCUT2D eigenvalue weighted by Gasteiger charge is -2.30. The van der Waals surface area contributed by atoms with Gasteiger partial charge in [-0.3, -0.25) is 4.79 Å². The summed E-state index contributed by atoms with van der Waals surface area (Å²) in [6.45, 7) is 6.47. The van der Waals surface area contributed by atoms with E-state index in [1.807, 2.05) is 0 Å². The van der Waals surface area contributed by atoms with Gasteiger partial charge in [-0.15, -0.1) is 0 Å². The third-order valence-electron chi connectivity index (χ3n) is 4.45. The maximum atomic E-state index is 11.5. The van der Waals surface area contributed by atoms with Gasteiger partial charge in [-0.1, -0.05) is 44.9 Å². The molecule has 0 heterocycles. The first-order valence-electron chi connectivity index (χ1n) is 7.34. The van der Waals surface area contributed by atoms with Crippen LogP contribution in [-0.4, -0.2) is 11.1 Å². The first kappa shape index (κ1) is 14.1. The minimum Gasteiger partial charge on any atom is -0.481 e. The second kappa shape index (κ2) is 5.77. The molecule has 0 amide bonds. The third-order valence-corrected chi connectivity index (χ3v) is 4.45. The summed E-state index contributed by atoms with van der Waals surface area (Å²) in [6.07, 6.45) is 4.04. The maximum absolute atomic E-state index is 11.5. The molecule has 19 heavy (non-hydrogen) atoms. The molecule has 2 rings (SSSR count). The lowest BCUT2D eigenvalue weighted by molar-refractivity contribution is -0.143. The molecule has 0 aliphatic heterocycles. The summed E-state index contributed by atoms with van der Waals surface area (Å²) in [5, 5.41) is 9.44. The molecule has 1 N–H and O–H groups in total. The van der Waals surface area contributed by atoms with Crippen molar-refractivity contribution in [2.24, 2.45) is 5.92 Å². The van der Waals surface area contributed by atoms with E-state index in [0.717, 1.165) is 25.7 Å². The predicted octanol–water partition coefficient (Wildman–Crippen LogP) is 4.48. The van der Waals surface area contributed by atoms with Crippen molar-refractivity contribution in [1.29, 1.82) is 0 Å². The van der Waals surface area contributed by atoms with Crippen molar-refractivity contribution in [3.63, 3.8) is 0 Å². The summed E-state index contributed by atoms with van der Waals surface area (Å²) in [5.74, 6) is -0.134. The van der Waals surface area contributed by atoms with Gasteiger partial charge in [0.25, 0.3) is 0 Å². The molecular weight excluding hydrogens is 236 g/mol. The van der Waals surface area contributed by atoms with Gasteiger partial charge in [0.2, 0.25) is 0 Å². The first-order valence-corrected chi connectivity index (χ1v) is 7.34. The zero-order chi connectivity index (χ0) is 14.0. The van der Waals surface area contributed by atoms with Crippen molar-refractivity contribution in [3.8, 4) is 0 Å². The SMILES string of the molecule is Cc1ccc(C(C)C)cc1C1CCCCC1C(=O)O. The summed E-state index contributed by atoms with van der Waals surface area (Å²) in [6, 6.07) is 6.56. The number of aryl methyl sites for hydroxylation is 1. The van der Waals surface area contributed by atoms with Gasteiger partial charge in [0.15, 0.2) is 0 Å². The van der Waals surface area contributed by atoms with E-state index in [9.17, 15) is 9.90 Å². The number of hydrogen-bond acceptors (Lipinski definition) is 1. The van der Waals surface area contributed by atoms with Crippen LogP contribution >= 0.6 is 0 Å². The van der Waals surface area contributed by atoms with Crippen LogP contribution in [0.5, 0.6) is 0 Å². The van der Waals surface area contributed by atoms with Gasteiger partial charge in [0, 0.05) is 0 Å². The van der Waals surface area contributed by atoms with Crippen molar-refractivity contribution < 1.29 is 9.90 Å². The molecule has 0 aromatic heterocycles. The molecule has 1 fully saturated rings. The Kier molecular flexibility index (Phi) is 4.28. The van der Waals surface area contributed by atoms with E-state index in [4.69, 9.17) is 0 Å². The average Bonchev–Trinajstić information content (AvgIpc) is 2.39. The Labute approximate surface area is 115 Å². The topological polar surface area (TPSA) is 37.3 Å². The fourth-order valence-corrected chi connectivity index (χ4v) is 3.22. The van der Waals surface area contributed by atoms with E-state index in [2.05, 4.69) is 39.0 Å². The van der Waals surface area contributed by atoms with Gasteiger partial charge in [-0.25, -0.2) is 0 Å². The van der Waals surface area contributed by atoms with Gasteiger partial charge in [-0.05, 0) is 48.3 Å². The summed E-state index contributed by atoms with van der Waals surface area (Å²) < 4.78 is 0. The van der Waals surface area contributed by atoms with E-state index in [1.165, 1.54) is 16.7 Å². The highest BCUT2D eigenvalue weighted by molar-refractivity contribution is 5.71. The van der Waals surface area contributed by atoms with Crippen LogP contribution in [0.4, 0.5) is 0 Å². The number of carboxylic acid groups (broad SMARTS) is 1. The van der Waals surface area contributed by atoms with Crippen LogP contribution in [-0.2, 0) is 4.79 Å². The van der Waals surface area contributed by atoms with Crippen LogP contribution in [0.25, 0.3) is 0 Å². The minimum atomic E-state index is -0.626. The zero-order valence-corrected chi connectivity index (χ0v) is 12.1. The van der Waals surface area contributed by atoms with Crippen LogP contribution in [0.2, 0.25) is 0 Å². The molecule has 1 saturated carbocycles.